The largest absolute Gasteiger partial charge is 0.477 e. The van der Waals surface area contributed by atoms with Crippen molar-refractivity contribution in [1.29, 1.82) is 0 Å². The van der Waals surface area contributed by atoms with E-state index >= 15 is 0 Å². The number of carboxylic acid groups (broad SMARTS) is 1. The molecule has 1 saturated heterocycles. The van der Waals surface area contributed by atoms with E-state index in [1.807, 2.05) is 24.2 Å². The van der Waals surface area contributed by atoms with Gasteiger partial charge in [-0.15, -0.1) is 29.1 Å². The Balaban J connectivity index is 1.52. The van der Waals surface area contributed by atoms with Crippen molar-refractivity contribution < 1.29 is 19.4 Å². The van der Waals surface area contributed by atoms with E-state index in [0.717, 1.165) is 16.6 Å². The van der Waals surface area contributed by atoms with Gasteiger partial charge in [0.15, 0.2) is 5.82 Å². The summed E-state index contributed by atoms with van der Waals surface area (Å²) in [6.07, 6.45) is 3.76. The lowest BCUT2D eigenvalue weighted by atomic mass is 10.0. The fourth-order valence-electron chi connectivity index (χ4n) is 3.27. The topological polar surface area (TPSA) is 124 Å². The van der Waals surface area contributed by atoms with E-state index in [9.17, 15) is 14.7 Å². The number of thioether (sulfide) groups is 2. The number of aliphatic carboxylic acids is 1. The fraction of sp³-hybridized carbons (Fsp3) is 0.438. The molecule has 4 aliphatic rings. The fourth-order valence-corrected chi connectivity index (χ4v) is 5.77. The van der Waals surface area contributed by atoms with Crippen molar-refractivity contribution in [2.75, 3.05) is 25.3 Å². The van der Waals surface area contributed by atoms with E-state index in [0.29, 0.717) is 23.8 Å². The Morgan fingerprint density at radius 2 is 2.36 bits per heavy atom. The second-order valence-corrected chi connectivity index (χ2v) is 8.63. The minimum Gasteiger partial charge on any atom is -0.477 e. The van der Waals surface area contributed by atoms with Crippen LogP contribution < -0.4 is 11.3 Å². The first-order valence-electron chi connectivity index (χ1n) is 8.50. The van der Waals surface area contributed by atoms with E-state index in [2.05, 4.69) is 10.5 Å². The molecule has 0 bridgehead atoms. The summed E-state index contributed by atoms with van der Waals surface area (Å²) in [7, 11) is 1.61. The predicted molar refractivity (Wildman–Crippen MR) is 106 cm³/mol. The average molecular weight is 425 g/mol. The molecule has 4 N–H and O–H groups in total. The smallest absolute Gasteiger partial charge is 0.352 e. The first-order chi connectivity index (χ1) is 13.4. The van der Waals surface area contributed by atoms with Crippen LogP contribution in [0.25, 0.3) is 0 Å². The van der Waals surface area contributed by atoms with Crippen LogP contribution in [0.5, 0.6) is 0 Å². The van der Waals surface area contributed by atoms with Gasteiger partial charge in [0, 0.05) is 24.3 Å². The van der Waals surface area contributed by atoms with E-state index in [1.165, 1.54) is 28.4 Å². The molecule has 0 saturated carbocycles. The van der Waals surface area contributed by atoms with Gasteiger partial charge in [-0.2, -0.15) is 0 Å². The zero-order chi connectivity index (χ0) is 20.0. The molecule has 0 radical (unpaired) electrons. The van der Waals surface area contributed by atoms with E-state index in [1.54, 1.807) is 12.1 Å². The van der Waals surface area contributed by atoms with Crippen molar-refractivity contribution in [2.45, 2.75) is 18.3 Å². The van der Waals surface area contributed by atoms with Gasteiger partial charge in [-0.05, 0) is 18.6 Å². The summed E-state index contributed by atoms with van der Waals surface area (Å²) in [5.41, 5.74) is 10.6. The van der Waals surface area contributed by atoms with Gasteiger partial charge in [-0.1, -0.05) is 0 Å². The number of rotatable bonds is 6. The Kier molecular flexibility index (Phi) is 5.14. The predicted octanol–water partition coefficient (Wildman–Crippen LogP) is 0.0566. The number of aliphatic imine (C=N–C) groups is 1. The molecule has 0 spiro atoms. The maximum Gasteiger partial charge on any atom is 0.352 e. The zero-order valence-electron chi connectivity index (χ0n) is 15.3. The Bertz CT molecular complexity index is 854. The SMILES string of the molecule is COCN1C=C2N=C(C)C=C(SCC3=C(C(=O)O)N4C(=O)C(N)[C@H]4SC3)N2N1. The van der Waals surface area contributed by atoms with Gasteiger partial charge < -0.3 is 15.6 Å². The van der Waals surface area contributed by atoms with Crippen LogP contribution in [-0.4, -0.2) is 74.4 Å². The van der Waals surface area contributed by atoms with Crippen LogP contribution >= 0.6 is 23.5 Å². The molecule has 0 aliphatic carbocycles. The highest BCUT2D eigenvalue weighted by molar-refractivity contribution is 8.03. The van der Waals surface area contributed by atoms with Crippen molar-refractivity contribution >= 4 is 41.1 Å². The molecule has 1 unspecified atom stereocenters. The summed E-state index contributed by atoms with van der Waals surface area (Å²) < 4.78 is 5.13. The number of carbonyl (C=O) groups is 2. The van der Waals surface area contributed by atoms with Crippen molar-refractivity contribution in [2.24, 2.45) is 10.7 Å². The quantitative estimate of drug-likeness (QED) is 0.504. The number of nitrogens with zero attached hydrogens (tertiary/aromatic N) is 4. The van der Waals surface area contributed by atoms with Crippen LogP contribution in [0.1, 0.15) is 6.92 Å². The van der Waals surface area contributed by atoms with E-state index in [4.69, 9.17) is 10.5 Å². The highest BCUT2D eigenvalue weighted by Crippen LogP contribution is 2.41. The number of methoxy groups -OCH3 is 1. The normalized spacial score (nSPS) is 26.5. The number of carbonyl (C=O) groups excluding carboxylic acids is 1. The number of nitrogens with two attached hydrogens (primary N) is 1. The zero-order valence-corrected chi connectivity index (χ0v) is 16.9. The number of amides is 1. The lowest BCUT2D eigenvalue weighted by Gasteiger charge is -2.48. The monoisotopic (exact) mass is 424 g/mol. The molecule has 28 heavy (non-hydrogen) atoms. The third-order valence-electron chi connectivity index (χ3n) is 4.53. The Labute approximate surface area is 170 Å². The molecule has 12 heteroatoms. The first kappa shape index (κ1) is 19.3. The summed E-state index contributed by atoms with van der Waals surface area (Å²) in [4.78, 5) is 29.7. The number of hydrogen-bond donors (Lipinski definition) is 3. The van der Waals surface area contributed by atoms with Crippen molar-refractivity contribution in [3.05, 3.63) is 34.4 Å². The van der Waals surface area contributed by atoms with Crippen LogP contribution in [0.15, 0.2) is 39.4 Å². The first-order valence-corrected chi connectivity index (χ1v) is 10.5. The second-order valence-electron chi connectivity index (χ2n) is 6.53. The molecule has 1 fully saturated rings. The maximum absolute atomic E-state index is 12.1. The lowest BCUT2D eigenvalue weighted by molar-refractivity contribution is -0.147. The number of nitrogens with one attached hydrogen (secondary N) is 1. The number of allylic oxidation sites excluding steroid dienone is 1. The number of fused-ring (bicyclic) bond motifs is 2. The van der Waals surface area contributed by atoms with E-state index < -0.39 is 12.0 Å². The molecular formula is C16H20N6O4S2. The molecule has 2 atom stereocenters. The molecule has 0 aromatic carbocycles. The van der Waals surface area contributed by atoms with Gasteiger partial charge in [0.2, 0.25) is 5.91 Å². The molecule has 4 rings (SSSR count). The third-order valence-corrected chi connectivity index (χ3v) is 6.98. The van der Waals surface area contributed by atoms with Crippen molar-refractivity contribution in [3.8, 4) is 0 Å². The molecule has 0 aromatic rings. The number of β-lactam (4-membered cyclic amide) rings is 1. The summed E-state index contributed by atoms with van der Waals surface area (Å²) in [5, 5.41) is 13.8. The van der Waals surface area contributed by atoms with Crippen LogP contribution in [0.2, 0.25) is 0 Å². The van der Waals surface area contributed by atoms with Gasteiger partial charge in [-0.25, -0.2) is 14.8 Å². The molecule has 1 amide bonds. The van der Waals surface area contributed by atoms with Crippen molar-refractivity contribution in [3.63, 3.8) is 0 Å². The van der Waals surface area contributed by atoms with Gasteiger partial charge in [0.1, 0.15) is 23.8 Å². The molecular weight excluding hydrogens is 404 g/mol. The van der Waals surface area contributed by atoms with Crippen LogP contribution in [0.4, 0.5) is 0 Å². The summed E-state index contributed by atoms with van der Waals surface area (Å²) >= 11 is 2.99. The highest BCUT2D eigenvalue weighted by atomic mass is 32.2. The second kappa shape index (κ2) is 7.44. The maximum atomic E-state index is 12.1. The molecule has 4 aliphatic heterocycles. The van der Waals surface area contributed by atoms with Crippen molar-refractivity contribution in [1.82, 2.24) is 20.5 Å². The van der Waals surface area contributed by atoms with Gasteiger partial charge >= 0.3 is 5.97 Å². The Morgan fingerprint density at radius 1 is 1.57 bits per heavy atom. The number of ether oxygens (including phenoxy) is 1. The summed E-state index contributed by atoms with van der Waals surface area (Å²) in [6, 6.07) is -0.623. The van der Waals surface area contributed by atoms with Crippen LogP contribution in [-0.2, 0) is 14.3 Å². The Morgan fingerprint density at radius 3 is 3.07 bits per heavy atom. The minimum absolute atomic E-state index is 0.0657. The molecule has 0 aromatic heterocycles. The van der Waals surface area contributed by atoms with Gasteiger partial charge in [0.25, 0.3) is 0 Å². The van der Waals surface area contributed by atoms with Crippen LogP contribution in [0, 0.1) is 0 Å². The molecule has 150 valence electrons. The molecule has 10 nitrogen and oxygen atoms in total. The lowest BCUT2D eigenvalue weighted by Crippen LogP contribution is -2.68. The van der Waals surface area contributed by atoms with Gasteiger partial charge in [0.05, 0.1) is 11.2 Å². The Hall–Kier alpha value is -1.99. The average Bonchev–Trinajstić information content (AvgIpc) is 3.07. The highest BCUT2D eigenvalue weighted by Gasteiger charge is 2.51. The summed E-state index contributed by atoms with van der Waals surface area (Å²) in [5.74, 6) is 0.272. The molecule has 4 heterocycles. The summed E-state index contributed by atoms with van der Waals surface area (Å²) in [6.45, 7) is 2.26. The van der Waals surface area contributed by atoms with Crippen LogP contribution in [0.3, 0.4) is 0 Å². The standard InChI is InChI=1S/C16H20N6O4S2/c1-8-3-11(22-10(18-8)4-20(19-22)7-26-2)27-5-9-6-28-15-12(17)14(23)21(15)13(9)16(24)25/h3-4,12,15,19H,5-7,17H2,1-2H3,(H,24,25)/t12?,15-/m1/s1. The number of hydrogen-bond acceptors (Lipinski definition) is 10. The van der Waals surface area contributed by atoms with Gasteiger partial charge in [-0.3, -0.25) is 14.7 Å². The third kappa shape index (κ3) is 3.20. The number of carboxylic acids is 1. The minimum atomic E-state index is -1.09. The van der Waals surface area contributed by atoms with E-state index in [-0.39, 0.29) is 17.0 Å². The number of hydrazine groups is 2.